The van der Waals surface area contributed by atoms with Crippen molar-refractivity contribution in [1.29, 1.82) is 0 Å². The summed E-state index contributed by atoms with van der Waals surface area (Å²) in [5, 5.41) is 17.8. The summed E-state index contributed by atoms with van der Waals surface area (Å²) in [6, 6.07) is -0.334. The molecule has 0 unspecified atom stereocenters. The summed E-state index contributed by atoms with van der Waals surface area (Å²) in [4.78, 5) is 22.2. The number of carbonyl (C=O) groups excluding carboxylic acids is 1. The minimum atomic E-state index is -1.00. The van der Waals surface area contributed by atoms with E-state index in [1.165, 1.54) is 17.1 Å². The average molecular weight is 300 g/mol. The minimum Gasteiger partial charge on any atom is -0.480 e. The molecule has 0 atom stereocenters. The van der Waals surface area contributed by atoms with Crippen LogP contribution >= 0.6 is 0 Å². The Labute approximate surface area is 118 Å². The molecule has 0 radical (unpaired) electrons. The number of rotatable bonds is 4. The largest absolute Gasteiger partial charge is 0.480 e. The molecule has 0 aliphatic carbocycles. The van der Waals surface area contributed by atoms with Crippen LogP contribution in [0.15, 0.2) is 12.4 Å². The van der Waals surface area contributed by atoms with Gasteiger partial charge in [0.1, 0.15) is 6.54 Å². The van der Waals surface area contributed by atoms with Crippen LogP contribution in [-0.4, -0.2) is 48.6 Å². The van der Waals surface area contributed by atoms with Crippen molar-refractivity contribution in [3.8, 4) is 0 Å². The summed E-state index contributed by atoms with van der Waals surface area (Å²) < 4.78 is 12.4. The summed E-state index contributed by atoms with van der Waals surface area (Å²) in [5.41, 5.74) is 0.433. The smallest absolute Gasteiger partial charge is 0.325 e. The Hall–Kier alpha value is -1.90. The van der Waals surface area contributed by atoms with E-state index in [9.17, 15) is 13.8 Å². The first-order valence-electron chi connectivity index (χ1n) is 6.19. The Morgan fingerprint density at radius 2 is 2.15 bits per heavy atom. The number of carboxylic acids is 1. The predicted molar refractivity (Wildman–Crippen MR) is 72.9 cm³/mol. The number of carboxylic acid groups (broad SMARTS) is 1. The number of carbonyl (C=O) groups is 2. The lowest BCUT2D eigenvalue weighted by molar-refractivity contribution is -0.137. The Morgan fingerprint density at radius 1 is 1.45 bits per heavy atom. The Balaban J connectivity index is 1.80. The SMILES string of the molecule is O=C(O)Cn1cc(NC(=O)NC2CCS(=O)CC2)cn1. The van der Waals surface area contributed by atoms with Crippen molar-refractivity contribution < 1.29 is 18.9 Å². The van der Waals surface area contributed by atoms with E-state index in [0.29, 0.717) is 30.0 Å². The van der Waals surface area contributed by atoms with Gasteiger partial charge in [0.15, 0.2) is 0 Å². The third-order valence-electron chi connectivity index (χ3n) is 2.91. The molecule has 8 nitrogen and oxygen atoms in total. The van der Waals surface area contributed by atoms with Gasteiger partial charge in [0.2, 0.25) is 0 Å². The monoisotopic (exact) mass is 300 g/mol. The molecule has 1 aromatic rings. The highest BCUT2D eigenvalue weighted by atomic mass is 32.2. The molecular weight excluding hydrogens is 284 g/mol. The molecule has 1 saturated heterocycles. The standard InChI is InChI=1S/C11H16N4O4S/c16-10(17)7-15-6-9(5-12-15)14-11(18)13-8-1-3-20(19)4-2-8/h5-6,8H,1-4,7H2,(H,16,17)(H2,13,14,18). The maximum absolute atomic E-state index is 11.7. The normalized spacial score (nSPS) is 22.2. The second-order valence-electron chi connectivity index (χ2n) is 4.54. The van der Waals surface area contributed by atoms with Crippen molar-refractivity contribution in [3.63, 3.8) is 0 Å². The molecule has 0 saturated carbocycles. The fraction of sp³-hybridized carbons (Fsp3) is 0.545. The fourth-order valence-electron chi connectivity index (χ4n) is 1.94. The first-order valence-corrected chi connectivity index (χ1v) is 7.68. The third kappa shape index (κ3) is 4.34. The highest BCUT2D eigenvalue weighted by molar-refractivity contribution is 7.85. The van der Waals surface area contributed by atoms with E-state index in [2.05, 4.69) is 15.7 Å². The minimum absolute atomic E-state index is 0.0294. The molecule has 1 aliphatic rings. The number of aromatic nitrogens is 2. The summed E-state index contributed by atoms with van der Waals surface area (Å²) >= 11 is 0. The molecule has 2 amide bonds. The summed E-state index contributed by atoms with van der Waals surface area (Å²) in [6.45, 7) is -0.252. The molecule has 0 aromatic carbocycles. The number of nitrogens with zero attached hydrogens (tertiary/aromatic N) is 2. The second kappa shape index (κ2) is 6.51. The van der Waals surface area contributed by atoms with E-state index in [0.717, 1.165) is 0 Å². The zero-order valence-corrected chi connectivity index (χ0v) is 11.6. The number of nitrogens with one attached hydrogen (secondary N) is 2. The van der Waals surface area contributed by atoms with Crippen LogP contribution in [0.1, 0.15) is 12.8 Å². The summed E-state index contributed by atoms with van der Waals surface area (Å²) in [7, 11) is -0.757. The van der Waals surface area contributed by atoms with Crippen molar-refractivity contribution in [2.75, 3.05) is 16.8 Å². The second-order valence-corrected chi connectivity index (χ2v) is 6.24. The first-order chi connectivity index (χ1) is 9.52. The van der Waals surface area contributed by atoms with E-state index >= 15 is 0 Å². The maximum atomic E-state index is 11.7. The van der Waals surface area contributed by atoms with Gasteiger partial charge in [-0.3, -0.25) is 13.7 Å². The number of amides is 2. The molecule has 110 valence electrons. The number of hydrogen-bond acceptors (Lipinski definition) is 4. The Kier molecular flexibility index (Phi) is 4.72. The van der Waals surface area contributed by atoms with Crippen LogP contribution in [0.3, 0.4) is 0 Å². The van der Waals surface area contributed by atoms with Crippen molar-refractivity contribution in [1.82, 2.24) is 15.1 Å². The van der Waals surface area contributed by atoms with Crippen molar-refractivity contribution in [2.45, 2.75) is 25.4 Å². The molecule has 3 N–H and O–H groups in total. The van der Waals surface area contributed by atoms with Crippen molar-refractivity contribution >= 4 is 28.5 Å². The number of urea groups is 1. The van der Waals surface area contributed by atoms with Crippen molar-refractivity contribution in [3.05, 3.63) is 12.4 Å². The lowest BCUT2D eigenvalue weighted by atomic mass is 10.2. The lowest BCUT2D eigenvalue weighted by Gasteiger charge is -2.22. The molecule has 9 heteroatoms. The van der Waals surface area contributed by atoms with Crippen LogP contribution < -0.4 is 10.6 Å². The topological polar surface area (TPSA) is 113 Å². The summed E-state index contributed by atoms with van der Waals surface area (Å²) in [5.74, 6) is 0.225. The average Bonchev–Trinajstić information content (AvgIpc) is 2.78. The predicted octanol–water partition coefficient (Wildman–Crippen LogP) is 0.000300. The zero-order chi connectivity index (χ0) is 14.5. The molecule has 1 aromatic heterocycles. The van der Waals surface area contributed by atoms with Gasteiger partial charge in [0, 0.05) is 34.5 Å². The van der Waals surface area contributed by atoms with Crippen LogP contribution in [0.2, 0.25) is 0 Å². The van der Waals surface area contributed by atoms with Gasteiger partial charge < -0.3 is 15.7 Å². The van der Waals surface area contributed by atoms with Gasteiger partial charge in [-0.1, -0.05) is 0 Å². The maximum Gasteiger partial charge on any atom is 0.325 e. The molecule has 2 rings (SSSR count). The molecule has 0 spiro atoms. The lowest BCUT2D eigenvalue weighted by Crippen LogP contribution is -2.41. The number of anilines is 1. The number of aliphatic carboxylic acids is 1. The highest BCUT2D eigenvalue weighted by Crippen LogP contribution is 2.10. The van der Waals surface area contributed by atoms with Gasteiger partial charge in [-0.15, -0.1) is 0 Å². The molecular formula is C11H16N4O4S. The Morgan fingerprint density at radius 3 is 2.80 bits per heavy atom. The molecule has 1 aliphatic heterocycles. The quantitative estimate of drug-likeness (QED) is 0.724. The zero-order valence-electron chi connectivity index (χ0n) is 10.7. The van der Waals surface area contributed by atoms with Crippen LogP contribution in [0.25, 0.3) is 0 Å². The van der Waals surface area contributed by atoms with Crippen molar-refractivity contribution in [2.24, 2.45) is 0 Å². The van der Waals surface area contributed by atoms with Gasteiger partial charge in [-0.05, 0) is 12.8 Å². The van der Waals surface area contributed by atoms with Gasteiger partial charge in [-0.2, -0.15) is 5.10 Å². The van der Waals surface area contributed by atoms with Gasteiger partial charge in [0.25, 0.3) is 0 Å². The van der Waals surface area contributed by atoms with Crippen LogP contribution in [0, 0.1) is 0 Å². The van der Waals surface area contributed by atoms with Crippen LogP contribution in [0.5, 0.6) is 0 Å². The van der Waals surface area contributed by atoms with E-state index in [4.69, 9.17) is 5.11 Å². The summed E-state index contributed by atoms with van der Waals surface area (Å²) in [6.07, 6.45) is 4.25. The van der Waals surface area contributed by atoms with E-state index < -0.39 is 16.8 Å². The highest BCUT2D eigenvalue weighted by Gasteiger charge is 2.19. The van der Waals surface area contributed by atoms with Crippen LogP contribution in [0.4, 0.5) is 10.5 Å². The fourth-order valence-corrected chi connectivity index (χ4v) is 3.24. The number of hydrogen-bond donors (Lipinski definition) is 3. The van der Waals surface area contributed by atoms with E-state index in [1.807, 2.05) is 0 Å². The van der Waals surface area contributed by atoms with E-state index in [1.54, 1.807) is 0 Å². The van der Waals surface area contributed by atoms with Gasteiger partial charge >= 0.3 is 12.0 Å². The third-order valence-corrected chi connectivity index (χ3v) is 4.29. The first kappa shape index (κ1) is 14.5. The Bertz CT molecular complexity index is 520. The molecule has 2 heterocycles. The molecule has 1 fully saturated rings. The van der Waals surface area contributed by atoms with Crippen LogP contribution in [-0.2, 0) is 22.1 Å². The van der Waals surface area contributed by atoms with Gasteiger partial charge in [0.05, 0.1) is 11.9 Å². The molecule has 0 bridgehead atoms. The van der Waals surface area contributed by atoms with E-state index in [-0.39, 0.29) is 18.6 Å². The van der Waals surface area contributed by atoms with Gasteiger partial charge in [-0.25, -0.2) is 4.79 Å². The molecule has 20 heavy (non-hydrogen) atoms.